The summed E-state index contributed by atoms with van der Waals surface area (Å²) in [7, 11) is 0. The van der Waals surface area contributed by atoms with Gasteiger partial charge in [-0.05, 0) is 30.7 Å². The summed E-state index contributed by atoms with van der Waals surface area (Å²) in [4.78, 5) is 4.16. The lowest BCUT2D eigenvalue weighted by Gasteiger charge is -2.18. The zero-order valence-electron chi connectivity index (χ0n) is 11.2. The van der Waals surface area contributed by atoms with Crippen LogP contribution in [-0.4, -0.2) is 4.98 Å². The van der Waals surface area contributed by atoms with Gasteiger partial charge in [-0.2, -0.15) is 0 Å². The molecule has 0 aliphatic rings. The second-order valence-corrected chi connectivity index (χ2v) is 5.20. The predicted molar refractivity (Wildman–Crippen MR) is 85.2 cm³/mol. The lowest BCUT2D eigenvalue weighted by molar-refractivity contribution is 0.887. The first kappa shape index (κ1) is 12.9. The van der Waals surface area contributed by atoms with Crippen molar-refractivity contribution in [3.8, 4) is 0 Å². The average Bonchev–Trinajstić information content (AvgIpc) is 2.48. The molecule has 3 heteroatoms. The highest BCUT2D eigenvalue weighted by atomic mass is 35.5. The number of aromatic nitrogens is 1. The number of hydrogen-bond acceptors (Lipinski definition) is 2. The lowest BCUT2D eigenvalue weighted by atomic mass is 10.1. The SMILES string of the molecule is CC(Nc1cccc2cnccc12)c1ccccc1Cl. The number of halogens is 1. The smallest absolute Gasteiger partial charge is 0.0500 e. The molecule has 3 aromatic rings. The van der Waals surface area contributed by atoms with Crippen LogP contribution >= 0.6 is 11.6 Å². The molecular weight excluding hydrogens is 268 g/mol. The number of hydrogen-bond donors (Lipinski definition) is 1. The van der Waals surface area contributed by atoms with Gasteiger partial charge in [0.05, 0.1) is 6.04 Å². The van der Waals surface area contributed by atoms with E-state index in [4.69, 9.17) is 11.6 Å². The molecule has 0 saturated heterocycles. The Morgan fingerprint density at radius 3 is 2.75 bits per heavy atom. The molecule has 1 atom stereocenters. The Bertz CT molecular complexity index is 734. The van der Waals surface area contributed by atoms with Crippen molar-refractivity contribution in [1.29, 1.82) is 0 Å². The standard InChI is InChI=1S/C17H15ClN2/c1-12(14-6-2-3-7-16(14)18)20-17-8-4-5-13-11-19-10-9-15(13)17/h2-12,20H,1H3. The molecule has 100 valence electrons. The van der Waals surface area contributed by atoms with Crippen molar-refractivity contribution in [3.05, 3.63) is 71.5 Å². The first-order valence-electron chi connectivity index (χ1n) is 6.59. The highest BCUT2D eigenvalue weighted by Crippen LogP contribution is 2.29. The van der Waals surface area contributed by atoms with E-state index in [0.29, 0.717) is 0 Å². The first-order chi connectivity index (χ1) is 9.75. The van der Waals surface area contributed by atoms with Crippen LogP contribution in [0.3, 0.4) is 0 Å². The Labute approximate surface area is 123 Å². The van der Waals surface area contributed by atoms with Gasteiger partial charge in [0, 0.05) is 33.9 Å². The van der Waals surface area contributed by atoms with Gasteiger partial charge >= 0.3 is 0 Å². The third kappa shape index (κ3) is 2.47. The van der Waals surface area contributed by atoms with Crippen molar-refractivity contribution in [2.24, 2.45) is 0 Å². The van der Waals surface area contributed by atoms with Crippen LogP contribution in [0.1, 0.15) is 18.5 Å². The van der Waals surface area contributed by atoms with Crippen LogP contribution in [0.25, 0.3) is 10.8 Å². The van der Waals surface area contributed by atoms with Crippen LogP contribution in [-0.2, 0) is 0 Å². The van der Waals surface area contributed by atoms with Gasteiger partial charge in [0.15, 0.2) is 0 Å². The van der Waals surface area contributed by atoms with Crippen molar-refractivity contribution < 1.29 is 0 Å². The average molecular weight is 283 g/mol. The number of pyridine rings is 1. The summed E-state index contributed by atoms with van der Waals surface area (Å²) in [5, 5.41) is 6.61. The van der Waals surface area contributed by atoms with E-state index < -0.39 is 0 Å². The first-order valence-corrected chi connectivity index (χ1v) is 6.97. The fourth-order valence-electron chi connectivity index (χ4n) is 2.39. The summed E-state index contributed by atoms with van der Waals surface area (Å²) in [6.07, 6.45) is 3.69. The van der Waals surface area contributed by atoms with E-state index in [9.17, 15) is 0 Å². The maximum Gasteiger partial charge on any atom is 0.0500 e. The number of benzene rings is 2. The molecule has 1 aromatic heterocycles. The zero-order valence-corrected chi connectivity index (χ0v) is 11.9. The number of nitrogens with zero attached hydrogens (tertiary/aromatic N) is 1. The van der Waals surface area contributed by atoms with Crippen LogP contribution in [0.4, 0.5) is 5.69 Å². The monoisotopic (exact) mass is 282 g/mol. The third-order valence-corrected chi connectivity index (χ3v) is 3.77. The highest BCUT2D eigenvalue weighted by molar-refractivity contribution is 6.31. The number of nitrogens with one attached hydrogen (secondary N) is 1. The summed E-state index contributed by atoms with van der Waals surface area (Å²) in [5.41, 5.74) is 2.19. The Morgan fingerprint density at radius 1 is 1.05 bits per heavy atom. The van der Waals surface area contributed by atoms with E-state index in [2.05, 4.69) is 29.4 Å². The molecule has 20 heavy (non-hydrogen) atoms. The van der Waals surface area contributed by atoms with Gasteiger partial charge in [0.25, 0.3) is 0 Å². The van der Waals surface area contributed by atoms with Crippen molar-refractivity contribution >= 4 is 28.1 Å². The van der Waals surface area contributed by atoms with E-state index in [-0.39, 0.29) is 6.04 Å². The molecule has 0 aliphatic heterocycles. The van der Waals surface area contributed by atoms with E-state index in [1.807, 2.05) is 48.8 Å². The van der Waals surface area contributed by atoms with Gasteiger partial charge < -0.3 is 5.32 Å². The topological polar surface area (TPSA) is 24.9 Å². The Kier molecular flexibility index (Phi) is 3.57. The number of fused-ring (bicyclic) bond motifs is 1. The third-order valence-electron chi connectivity index (χ3n) is 3.42. The van der Waals surface area contributed by atoms with Crippen LogP contribution in [0.5, 0.6) is 0 Å². The fourth-order valence-corrected chi connectivity index (χ4v) is 2.69. The largest absolute Gasteiger partial charge is 0.378 e. The molecule has 1 N–H and O–H groups in total. The molecule has 0 spiro atoms. The van der Waals surface area contributed by atoms with E-state index in [0.717, 1.165) is 21.7 Å². The molecule has 0 aliphatic carbocycles. The van der Waals surface area contributed by atoms with Gasteiger partial charge in [0.2, 0.25) is 0 Å². The summed E-state index contributed by atoms with van der Waals surface area (Å²) >= 11 is 6.25. The molecule has 2 aromatic carbocycles. The second-order valence-electron chi connectivity index (χ2n) is 4.79. The minimum absolute atomic E-state index is 0.141. The molecule has 1 unspecified atom stereocenters. The minimum Gasteiger partial charge on any atom is -0.378 e. The van der Waals surface area contributed by atoms with E-state index in [1.165, 1.54) is 5.39 Å². The molecule has 3 rings (SSSR count). The highest BCUT2D eigenvalue weighted by Gasteiger charge is 2.10. The lowest BCUT2D eigenvalue weighted by Crippen LogP contribution is -2.07. The molecule has 0 amide bonds. The summed E-state index contributed by atoms with van der Waals surface area (Å²) in [5.74, 6) is 0. The van der Waals surface area contributed by atoms with Gasteiger partial charge in [-0.15, -0.1) is 0 Å². The normalized spacial score (nSPS) is 12.3. The molecular formula is C17H15ClN2. The van der Waals surface area contributed by atoms with Gasteiger partial charge in [-0.3, -0.25) is 4.98 Å². The van der Waals surface area contributed by atoms with Crippen LogP contribution in [0.15, 0.2) is 60.9 Å². The van der Waals surface area contributed by atoms with Crippen molar-refractivity contribution in [2.75, 3.05) is 5.32 Å². The molecule has 2 nitrogen and oxygen atoms in total. The van der Waals surface area contributed by atoms with Crippen molar-refractivity contribution in [2.45, 2.75) is 13.0 Å². The molecule has 0 saturated carbocycles. The molecule has 1 heterocycles. The Balaban J connectivity index is 1.96. The summed E-state index contributed by atoms with van der Waals surface area (Å²) < 4.78 is 0. The van der Waals surface area contributed by atoms with Crippen molar-refractivity contribution in [3.63, 3.8) is 0 Å². The maximum atomic E-state index is 6.25. The molecule has 0 radical (unpaired) electrons. The Morgan fingerprint density at radius 2 is 1.90 bits per heavy atom. The predicted octanol–water partition coefficient (Wildman–Crippen LogP) is 5.06. The van der Waals surface area contributed by atoms with Gasteiger partial charge in [0.1, 0.15) is 0 Å². The number of rotatable bonds is 3. The van der Waals surface area contributed by atoms with Crippen molar-refractivity contribution in [1.82, 2.24) is 4.98 Å². The zero-order chi connectivity index (χ0) is 13.9. The Hall–Kier alpha value is -2.06. The molecule has 0 bridgehead atoms. The number of anilines is 1. The minimum atomic E-state index is 0.141. The van der Waals surface area contributed by atoms with Gasteiger partial charge in [-0.1, -0.05) is 41.9 Å². The van der Waals surface area contributed by atoms with Crippen LogP contribution in [0, 0.1) is 0 Å². The molecule has 0 fully saturated rings. The second kappa shape index (κ2) is 5.51. The summed E-state index contributed by atoms with van der Waals surface area (Å²) in [6.45, 7) is 2.11. The maximum absolute atomic E-state index is 6.25. The van der Waals surface area contributed by atoms with E-state index >= 15 is 0 Å². The summed E-state index contributed by atoms with van der Waals surface area (Å²) in [6, 6.07) is 16.3. The van der Waals surface area contributed by atoms with E-state index in [1.54, 1.807) is 0 Å². The van der Waals surface area contributed by atoms with Crippen LogP contribution < -0.4 is 5.32 Å². The van der Waals surface area contributed by atoms with Crippen LogP contribution in [0.2, 0.25) is 5.02 Å². The quantitative estimate of drug-likeness (QED) is 0.726. The van der Waals surface area contributed by atoms with Gasteiger partial charge in [-0.25, -0.2) is 0 Å². The fraction of sp³-hybridized carbons (Fsp3) is 0.118.